The van der Waals surface area contributed by atoms with Crippen LogP contribution in [0.4, 0.5) is 15.1 Å². The molecule has 0 radical (unpaired) electrons. The van der Waals surface area contributed by atoms with Crippen LogP contribution in [0.25, 0.3) is 0 Å². The van der Waals surface area contributed by atoms with Gasteiger partial charge in [0.05, 0.1) is 16.1 Å². The molecule has 1 saturated carbocycles. The van der Waals surface area contributed by atoms with Crippen molar-refractivity contribution in [1.29, 1.82) is 0 Å². The first-order chi connectivity index (χ1) is 16.2. The van der Waals surface area contributed by atoms with Crippen LogP contribution in [0.1, 0.15) is 65.1 Å². The van der Waals surface area contributed by atoms with Gasteiger partial charge in [-0.1, -0.05) is 20.3 Å². The number of thiophene rings is 1. The molecule has 0 saturated heterocycles. The number of carbonyl (C=O) groups is 2. The van der Waals surface area contributed by atoms with Crippen molar-refractivity contribution in [1.82, 2.24) is 10.6 Å². The van der Waals surface area contributed by atoms with Gasteiger partial charge in [-0.2, -0.15) is 0 Å². The Morgan fingerprint density at radius 1 is 1.32 bits per heavy atom. The highest BCUT2D eigenvalue weighted by Gasteiger charge is 2.35. The van der Waals surface area contributed by atoms with Crippen molar-refractivity contribution in [3.8, 4) is 0 Å². The van der Waals surface area contributed by atoms with Gasteiger partial charge in [0.2, 0.25) is 0 Å². The Balaban J connectivity index is 1.65. The minimum Gasteiger partial charge on any atom is -0.352 e. The molecule has 2 unspecified atom stereocenters. The molecule has 34 heavy (non-hydrogen) atoms. The smallest absolute Gasteiger partial charge is 0.261 e. The molecule has 1 aromatic carbocycles. The van der Waals surface area contributed by atoms with E-state index in [1.165, 1.54) is 17.4 Å². The highest BCUT2D eigenvalue weighted by Crippen LogP contribution is 2.41. The topological polar surface area (TPSA) is 96.2 Å². The van der Waals surface area contributed by atoms with Crippen molar-refractivity contribution >= 4 is 56.4 Å². The lowest BCUT2D eigenvalue weighted by Crippen LogP contribution is -2.34. The molecule has 6 nitrogen and oxygen atoms in total. The Morgan fingerprint density at radius 3 is 2.82 bits per heavy atom. The highest BCUT2D eigenvalue weighted by molar-refractivity contribution is 14.1. The summed E-state index contributed by atoms with van der Waals surface area (Å²) in [6, 6.07) is 4.90. The van der Waals surface area contributed by atoms with Gasteiger partial charge in [0.15, 0.2) is 0 Å². The number of nitrogens with one attached hydrogen (secondary N) is 3. The molecule has 0 spiro atoms. The average Bonchev–Trinajstić information content (AvgIpc) is 3.09. The molecule has 2 aromatic rings. The summed E-state index contributed by atoms with van der Waals surface area (Å²) in [6.07, 6.45) is 4.96. The van der Waals surface area contributed by atoms with Crippen molar-refractivity contribution in [2.24, 2.45) is 23.0 Å². The number of hydrogen-bond acceptors (Lipinski definition) is 5. The van der Waals surface area contributed by atoms with Gasteiger partial charge in [0.1, 0.15) is 10.8 Å². The fourth-order valence-corrected chi connectivity index (χ4v) is 6.53. The second-order valence-electron chi connectivity index (χ2n) is 10.2. The van der Waals surface area contributed by atoms with Crippen LogP contribution >= 0.6 is 33.9 Å². The molecule has 1 fully saturated rings. The third-order valence-corrected chi connectivity index (χ3v) is 8.60. The minimum atomic E-state index is -0.401. The monoisotopic (exact) mass is 598 g/mol. The number of amides is 2. The van der Waals surface area contributed by atoms with Gasteiger partial charge in [0, 0.05) is 16.7 Å². The van der Waals surface area contributed by atoms with Crippen molar-refractivity contribution in [2.45, 2.75) is 46.0 Å². The van der Waals surface area contributed by atoms with Gasteiger partial charge < -0.3 is 21.7 Å². The summed E-state index contributed by atoms with van der Waals surface area (Å²) in [5.41, 5.74) is 7.14. The quantitative estimate of drug-likeness (QED) is 0.351. The predicted molar refractivity (Wildman–Crippen MR) is 143 cm³/mol. The molecule has 2 aliphatic rings. The second kappa shape index (κ2) is 10.5. The summed E-state index contributed by atoms with van der Waals surface area (Å²) >= 11 is 3.27. The fraction of sp³-hybridized carbons (Fsp3) is 0.520. The van der Waals surface area contributed by atoms with E-state index in [2.05, 4.69) is 52.4 Å². The van der Waals surface area contributed by atoms with Gasteiger partial charge >= 0.3 is 0 Å². The number of rotatable bonds is 6. The first-order valence-electron chi connectivity index (χ1n) is 11.8. The zero-order chi connectivity index (χ0) is 24.5. The summed E-state index contributed by atoms with van der Waals surface area (Å²) in [6.45, 7) is 5.94. The molecule has 0 bridgehead atoms. The lowest BCUT2D eigenvalue weighted by atomic mass is 9.81. The van der Waals surface area contributed by atoms with Crippen LogP contribution in [-0.4, -0.2) is 31.4 Å². The molecule has 1 aromatic heterocycles. The largest absolute Gasteiger partial charge is 0.352 e. The van der Waals surface area contributed by atoms with Crippen LogP contribution in [0.3, 0.4) is 0 Å². The standard InChI is InChI=1S/C25H32FIN4O2S/c1-25(2)10-17-20(22(32)29-12-15-5-3-4-14(8-15)11-28)24(34-21(17)23(33)30-13-25)31-19-7-6-16(27)9-18(19)26/h6-7,9,14-15,31H,3-5,8,10-13,28H2,1-2H3,(H,29,32)(H,30,33). The molecule has 5 N–H and O–H groups in total. The lowest BCUT2D eigenvalue weighted by molar-refractivity contribution is 0.0937. The minimum absolute atomic E-state index is 0.186. The van der Waals surface area contributed by atoms with E-state index in [0.29, 0.717) is 53.3 Å². The van der Waals surface area contributed by atoms with Crippen LogP contribution in [0.15, 0.2) is 18.2 Å². The Labute approximate surface area is 217 Å². The molecule has 9 heteroatoms. The number of carbonyl (C=O) groups excluding carboxylic acids is 2. The Morgan fingerprint density at radius 2 is 2.09 bits per heavy atom. The van der Waals surface area contributed by atoms with E-state index in [-0.39, 0.29) is 22.9 Å². The van der Waals surface area contributed by atoms with Gasteiger partial charge in [-0.3, -0.25) is 9.59 Å². The maximum atomic E-state index is 14.6. The third-order valence-electron chi connectivity index (χ3n) is 6.78. The van der Waals surface area contributed by atoms with E-state index in [0.717, 1.165) is 34.8 Å². The molecular formula is C25H32FIN4O2S. The number of fused-ring (bicyclic) bond motifs is 1. The number of anilines is 2. The number of hydrogen-bond donors (Lipinski definition) is 4. The summed E-state index contributed by atoms with van der Waals surface area (Å²) in [5.74, 6) is 0.105. The highest BCUT2D eigenvalue weighted by atomic mass is 127. The van der Waals surface area contributed by atoms with Crippen molar-refractivity contribution < 1.29 is 14.0 Å². The predicted octanol–water partition coefficient (Wildman–Crippen LogP) is 5.04. The zero-order valence-electron chi connectivity index (χ0n) is 19.6. The van der Waals surface area contributed by atoms with Crippen LogP contribution in [0.2, 0.25) is 0 Å². The van der Waals surface area contributed by atoms with E-state index in [4.69, 9.17) is 5.73 Å². The first kappa shape index (κ1) is 25.4. The molecule has 2 atom stereocenters. The SMILES string of the molecule is CC1(C)CNC(=O)c2sc(Nc3ccc(I)cc3F)c(C(=O)NCC3CCCC(CN)C3)c2C1. The summed E-state index contributed by atoms with van der Waals surface area (Å²) in [4.78, 5) is 26.9. The van der Waals surface area contributed by atoms with E-state index in [1.54, 1.807) is 12.1 Å². The van der Waals surface area contributed by atoms with Crippen LogP contribution in [-0.2, 0) is 6.42 Å². The molecule has 2 amide bonds. The zero-order valence-corrected chi connectivity index (χ0v) is 22.6. The van der Waals surface area contributed by atoms with Crippen LogP contribution in [0.5, 0.6) is 0 Å². The number of halogens is 2. The molecule has 184 valence electrons. The normalized spacial score (nSPS) is 21.9. The van der Waals surface area contributed by atoms with Crippen molar-refractivity contribution in [2.75, 3.05) is 25.0 Å². The molecule has 2 heterocycles. The maximum Gasteiger partial charge on any atom is 0.261 e. The van der Waals surface area contributed by atoms with Gasteiger partial charge in [-0.15, -0.1) is 11.3 Å². The lowest BCUT2D eigenvalue weighted by Gasteiger charge is -2.28. The fourth-order valence-electron chi connectivity index (χ4n) is 4.93. The van der Waals surface area contributed by atoms with E-state index >= 15 is 0 Å². The van der Waals surface area contributed by atoms with Gasteiger partial charge in [-0.25, -0.2) is 4.39 Å². The summed E-state index contributed by atoms with van der Waals surface area (Å²) in [7, 11) is 0. The van der Waals surface area contributed by atoms with Crippen molar-refractivity contribution in [3.05, 3.63) is 43.6 Å². The van der Waals surface area contributed by atoms with E-state index < -0.39 is 5.82 Å². The Kier molecular flexibility index (Phi) is 7.83. The average molecular weight is 599 g/mol. The Hall–Kier alpha value is -1.72. The van der Waals surface area contributed by atoms with Gasteiger partial charge in [0.25, 0.3) is 11.8 Å². The van der Waals surface area contributed by atoms with Crippen molar-refractivity contribution in [3.63, 3.8) is 0 Å². The molecule has 4 rings (SSSR count). The summed E-state index contributed by atoms with van der Waals surface area (Å²) < 4.78 is 15.4. The van der Waals surface area contributed by atoms with E-state index in [1.807, 2.05) is 0 Å². The summed E-state index contributed by atoms with van der Waals surface area (Å²) in [5, 5.41) is 9.71. The van der Waals surface area contributed by atoms with Gasteiger partial charge in [-0.05, 0) is 95.8 Å². The Bertz CT molecular complexity index is 1090. The molecular weight excluding hydrogens is 566 g/mol. The molecule has 1 aliphatic heterocycles. The number of nitrogens with two attached hydrogens (primary N) is 1. The maximum absolute atomic E-state index is 14.6. The first-order valence-corrected chi connectivity index (χ1v) is 13.7. The van der Waals surface area contributed by atoms with Crippen LogP contribution < -0.4 is 21.7 Å². The van der Waals surface area contributed by atoms with E-state index in [9.17, 15) is 14.0 Å². The number of benzene rings is 1. The third kappa shape index (κ3) is 5.73. The van der Waals surface area contributed by atoms with Crippen LogP contribution in [0, 0.1) is 26.6 Å². The second-order valence-corrected chi connectivity index (χ2v) is 12.5. The molecule has 1 aliphatic carbocycles.